The predicted octanol–water partition coefficient (Wildman–Crippen LogP) is 1.23. The van der Waals surface area contributed by atoms with Crippen LogP contribution in [0.15, 0.2) is 36.9 Å². The molecule has 0 atom stereocenters. The highest BCUT2D eigenvalue weighted by molar-refractivity contribution is 5.36. The summed E-state index contributed by atoms with van der Waals surface area (Å²) in [4.78, 5) is 14.9. The van der Waals surface area contributed by atoms with Crippen LogP contribution in [0.5, 0.6) is 0 Å². The number of hydrogen-bond donors (Lipinski definition) is 1. The van der Waals surface area contributed by atoms with E-state index in [1.54, 1.807) is 18.6 Å². The molecule has 0 fully saturated rings. The first-order valence-corrected chi connectivity index (χ1v) is 5.85. The third-order valence-corrected chi connectivity index (χ3v) is 2.56. The molecule has 0 saturated carbocycles. The van der Waals surface area contributed by atoms with Gasteiger partial charge in [-0.3, -0.25) is 9.97 Å². The Hall–Kier alpha value is -2.01. The van der Waals surface area contributed by atoms with Crippen molar-refractivity contribution in [3.05, 3.63) is 48.2 Å². The monoisotopic (exact) mass is 243 g/mol. The minimum atomic E-state index is 0.724. The molecule has 1 N–H and O–H groups in total. The van der Waals surface area contributed by atoms with Gasteiger partial charge in [-0.25, -0.2) is 4.98 Å². The molecule has 94 valence electrons. The second-order valence-electron chi connectivity index (χ2n) is 4.12. The van der Waals surface area contributed by atoms with Crippen molar-refractivity contribution < 1.29 is 0 Å². The van der Waals surface area contributed by atoms with Gasteiger partial charge in [0.1, 0.15) is 5.82 Å². The molecular formula is C13H17N5. The lowest BCUT2D eigenvalue weighted by molar-refractivity contribution is 0.774. The number of pyridine rings is 1. The third-order valence-electron chi connectivity index (χ3n) is 2.56. The van der Waals surface area contributed by atoms with Crippen molar-refractivity contribution in [2.75, 3.05) is 19.0 Å². The molecule has 2 aromatic heterocycles. The molecule has 0 aliphatic rings. The number of anilines is 1. The summed E-state index contributed by atoms with van der Waals surface area (Å²) in [6.07, 6.45) is 7.19. The van der Waals surface area contributed by atoms with E-state index in [4.69, 9.17) is 0 Å². The summed E-state index contributed by atoms with van der Waals surface area (Å²) in [7, 11) is 3.90. The zero-order chi connectivity index (χ0) is 12.8. The summed E-state index contributed by atoms with van der Waals surface area (Å²) < 4.78 is 0. The molecule has 0 aromatic carbocycles. The molecule has 0 unspecified atom stereocenters. The first kappa shape index (κ1) is 12.4. The van der Waals surface area contributed by atoms with E-state index in [1.807, 2.05) is 32.4 Å². The summed E-state index contributed by atoms with van der Waals surface area (Å²) in [6.45, 7) is 1.49. The smallest absolute Gasteiger partial charge is 0.147 e. The molecule has 0 amide bonds. The van der Waals surface area contributed by atoms with E-state index in [-0.39, 0.29) is 0 Å². The van der Waals surface area contributed by atoms with E-state index in [2.05, 4.69) is 25.2 Å². The van der Waals surface area contributed by atoms with Crippen LogP contribution in [0.3, 0.4) is 0 Å². The molecule has 2 heterocycles. The van der Waals surface area contributed by atoms with Crippen molar-refractivity contribution in [1.29, 1.82) is 0 Å². The van der Waals surface area contributed by atoms with Crippen molar-refractivity contribution in [3.8, 4) is 0 Å². The lowest BCUT2D eigenvalue weighted by Crippen LogP contribution is -2.19. The van der Waals surface area contributed by atoms with E-state index < -0.39 is 0 Å². The average Bonchev–Trinajstić information content (AvgIpc) is 2.40. The molecule has 0 aliphatic heterocycles. The van der Waals surface area contributed by atoms with Gasteiger partial charge in [0.05, 0.1) is 11.9 Å². The van der Waals surface area contributed by atoms with Crippen molar-refractivity contribution >= 4 is 5.82 Å². The minimum Gasteiger partial charge on any atom is -0.354 e. The van der Waals surface area contributed by atoms with Crippen molar-refractivity contribution in [1.82, 2.24) is 20.3 Å². The van der Waals surface area contributed by atoms with Gasteiger partial charge in [-0.2, -0.15) is 0 Å². The van der Waals surface area contributed by atoms with Crippen LogP contribution in [0.1, 0.15) is 11.3 Å². The van der Waals surface area contributed by atoms with Gasteiger partial charge in [0.15, 0.2) is 0 Å². The molecule has 0 bridgehead atoms. The van der Waals surface area contributed by atoms with E-state index in [1.165, 1.54) is 0 Å². The maximum absolute atomic E-state index is 4.54. The van der Waals surface area contributed by atoms with Gasteiger partial charge in [0.25, 0.3) is 0 Å². The Morgan fingerprint density at radius 1 is 1.22 bits per heavy atom. The number of nitrogens with one attached hydrogen (secondary N) is 1. The first-order chi connectivity index (χ1) is 8.79. The molecule has 5 nitrogen and oxygen atoms in total. The van der Waals surface area contributed by atoms with Crippen LogP contribution in [0.25, 0.3) is 0 Å². The maximum atomic E-state index is 4.54. The molecule has 2 aromatic rings. The Labute approximate surface area is 107 Å². The van der Waals surface area contributed by atoms with E-state index in [9.17, 15) is 0 Å². The van der Waals surface area contributed by atoms with Crippen LogP contribution in [0, 0.1) is 0 Å². The first-order valence-electron chi connectivity index (χ1n) is 5.85. The molecule has 2 rings (SSSR count). The van der Waals surface area contributed by atoms with Gasteiger partial charge >= 0.3 is 0 Å². The van der Waals surface area contributed by atoms with Crippen molar-refractivity contribution in [3.63, 3.8) is 0 Å². The highest BCUT2D eigenvalue weighted by Gasteiger charge is 2.05. The second kappa shape index (κ2) is 6.07. The van der Waals surface area contributed by atoms with Crippen LogP contribution in [-0.2, 0) is 13.1 Å². The Morgan fingerprint density at radius 3 is 2.83 bits per heavy atom. The van der Waals surface area contributed by atoms with Gasteiger partial charge in [0.2, 0.25) is 0 Å². The molecule has 0 radical (unpaired) electrons. The zero-order valence-electron chi connectivity index (χ0n) is 10.7. The van der Waals surface area contributed by atoms with E-state index in [0.29, 0.717) is 0 Å². The fourth-order valence-electron chi connectivity index (χ4n) is 1.69. The fourth-order valence-corrected chi connectivity index (χ4v) is 1.69. The topological polar surface area (TPSA) is 53.9 Å². The maximum Gasteiger partial charge on any atom is 0.147 e. The van der Waals surface area contributed by atoms with Gasteiger partial charge in [-0.05, 0) is 18.7 Å². The van der Waals surface area contributed by atoms with Crippen LogP contribution >= 0.6 is 0 Å². The number of nitrogens with zero attached hydrogens (tertiary/aromatic N) is 4. The van der Waals surface area contributed by atoms with Gasteiger partial charge in [0, 0.05) is 38.7 Å². The minimum absolute atomic E-state index is 0.724. The molecular weight excluding hydrogens is 226 g/mol. The molecule has 5 heteroatoms. The summed E-state index contributed by atoms with van der Waals surface area (Å²) in [5.41, 5.74) is 2.09. The van der Waals surface area contributed by atoms with Gasteiger partial charge in [-0.15, -0.1) is 0 Å². The summed E-state index contributed by atoms with van der Waals surface area (Å²) >= 11 is 0. The van der Waals surface area contributed by atoms with Crippen molar-refractivity contribution in [2.24, 2.45) is 0 Å². The Morgan fingerprint density at radius 2 is 2.11 bits per heavy atom. The van der Waals surface area contributed by atoms with E-state index in [0.717, 1.165) is 30.2 Å². The lowest BCUT2D eigenvalue weighted by atomic mass is 10.3. The third kappa shape index (κ3) is 3.24. The normalized spacial score (nSPS) is 10.3. The van der Waals surface area contributed by atoms with E-state index >= 15 is 0 Å². The molecule has 0 aliphatic carbocycles. The summed E-state index contributed by atoms with van der Waals surface area (Å²) in [5.74, 6) is 0.867. The number of aromatic nitrogens is 3. The van der Waals surface area contributed by atoms with Crippen LogP contribution in [-0.4, -0.2) is 29.0 Å². The average molecular weight is 243 g/mol. The lowest BCUT2D eigenvalue weighted by Gasteiger charge is -2.18. The van der Waals surface area contributed by atoms with Crippen LogP contribution < -0.4 is 10.2 Å². The standard InChI is InChI=1S/C13H17N5/c1-14-7-12-8-16-9-13(17-12)18(2)10-11-4-3-5-15-6-11/h3-6,8-9,14H,7,10H2,1-2H3. The number of hydrogen-bond acceptors (Lipinski definition) is 5. The Bertz CT molecular complexity index is 486. The summed E-state index contributed by atoms with van der Waals surface area (Å²) in [6, 6.07) is 3.99. The molecule has 0 saturated heterocycles. The SMILES string of the molecule is CNCc1cncc(N(C)Cc2cccnc2)n1. The molecule has 0 spiro atoms. The highest BCUT2D eigenvalue weighted by atomic mass is 15.2. The molecule has 18 heavy (non-hydrogen) atoms. The quantitative estimate of drug-likeness (QED) is 0.856. The second-order valence-corrected chi connectivity index (χ2v) is 4.12. The Kier molecular flexibility index (Phi) is 4.20. The fraction of sp³-hybridized carbons (Fsp3) is 0.308. The predicted molar refractivity (Wildman–Crippen MR) is 71.1 cm³/mol. The van der Waals surface area contributed by atoms with Crippen molar-refractivity contribution in [2.45, 2.75) is 13.1 Å². The largest absolute Gasteiger partial charge is 0.354 e. The number of rotatable bonds is 5. The van der Waals surface area contributed by atoms with Gasteiger partial charge in [-0.1, -0.05) is 6.07 Å². The highest BCUT2D eigenvalue weighted by Crippen LogP contribution is 2.11. The van der Waals surface area contributed by atoms with Gasteiger partial charge < -0.3 is 10.2 Å². The Balaban J connectivity index is 2.08. The zero-order valence-corrected chi connectivity index (χ0v) is 10.7. The summed E-state index contributed by atoms with van der Waals surface area (Å²) in [5, 5.41) is 3.07. The van der Waals surface area contributed by atoms with Crippen LogP contribution in [0.4, 0.5) is 5.82 Å². The van der Waals surface area contributed by atoms with Crippen LogP contribution in [0.2, 0.25) is 0 Å².